The summed E-state index contributed by atoms with van der Waals surface area (Å²) in [4.78, 5) is 8.71. The van der Waals surface area contributed by atoms with E-state index in [4.69, 9.17) is 15.2 Å². The van der Waals surface area contributed by atoms with Crippen molar-refractivity contribution in [2.24, 2.45) is 0 Å². The smallest absolute Gasteiger partial charge is 0.224 e. The summed E-state index contributed by atoms with van der Waals surface area (Å²) in [6, 6.07) is 9.21. The zero-order valence-corrected chi connectivity index (χ0v) is 12.1. The molecule has 5 nitrogen and oxygen atoms in total. The lowest BCUT2D eigenvalue weighted by atomic mass is 10.3. The van der Waals surface area contributed by atoms with Crippen LogP contribution in [0.5, 0.6) is 17.4 Å². The third-order valence-electron chi connectivity index (χ3n) is 3.21. The summed E-state index contributed by atoms with van der Waals surface area (Å²) in [5.74, 6) is 3.47. The lowest BCUT2D eigenvalue weighted by Crippen LogP contribution is -2.02. The maximum Gasteiger partial charge on any atom is 0.224 e. The molecule has 1 aromatic heterocycles. The molecule has 1 saturated carbocycles. The maximum absolute atomic E-state index is 5.85. The lowest BCUT2D eigenvalue weighted by molar-refractivity contribution is 0.300. The van der Waals surface area contributed by atoms with Gasteiger partial charge in [-0.05, 0) is 31.4 Å². The molecule has 1 aromatic carbocycles. The Balaban J connectivity index is 1.82. The summed E-state index contributed by atoms with van der Waals surface area (Å²) >= 11 is 0. The van der Waals surface area contributed by atoms with Crippen LogP contribution in [0.1, 0.15) is 37.9 Å². The Bertz CT molecular complexity index is 627. The third-order valence-corrected chi connectivity index (χ3v) is 3.21. The van der Waals surface area contributed by atoms with Crippen molar-refractivity contribution in [3.05, 3.63) is 36.2 Å². The molecule has 1 heterocycles. The predicted molar refractivity (Wildman–Crippen MR) is 80.7 cm³/mol. The van der Waals surface area contributed by atoms with Crippen LogP contribution in [-0.2, 0) is 0 Å². The van der Waals surface area contributed by atoms with Crippen molar-refractivity contribution in [3.63, 3.8) is 0 Å². The van der Waals surface area contributed by atoms with Gasteiger partial charge < -0.3 is 15.2 Å². The molecule has 0 bridgehead atoms. The van der Waals surface area contributed by atoms with Crippen molar-refractivity contribution >= 4 is 5.82 Å². The van der Waals surface area contributed by atoms with Gasteiger partial charge in [0.2, 0.25) is 5.88 Å². The Morgan fingerprint density at radius 1 is 1.19 bits per heavy atom. The number of hydrogen-bond donors (Lipinski definition) is 1. The second-order valence-corrected chi connectivity index (χ2v) is 5.16. The fraction of sp³-hybridized carbons (Fsp3) is 0.375. The molecule has 0 unspecified atom stereocenters. The number of hydrogen-bond acceptors (Lipinski definition) is 5. The van der Waals surface area contributed by atoms with Crippen LogP contribution in [0.15, 0.2) is 30.3 Å². The first-order valence-electron chi connectivity index (χ1n) is 7.30. The fourth-order valence-electron chi connectivity index (χ4n) is 2.02. The van der Waals surface area contributed by atoms with Crippen LogP contribution in [-0.4, -0.2) is 16.6 Å². The number of para-hydroxylation sites is 2. The van der Waals surface area contributed by atoms with Gasteiger partial charge in [0.15, 0.2) is 11.5 Å². The van der Waals surface area contributed by atoms with Crippen LogP contribution in [0.3, 0.4) is 0 Å². The Kier molecular flexibility index (Phi) is 3.90. The summed E-state index contributed by atoms with van der Waals surface area (Å²) < 4.78 is 11.5. The molecule has 0 spiro atoms. The van der Waals surface area contributed by atoms with Gasteiger partial charge in [0.25, 0.3) is 0 Å². The molecule has 1 aliphatic rings. The molecule has 0 radical (unpaired) electrons. The van der Waals surface area contributed by atoms with Crippen LogP contribution in [0, 0.1) is 0 Å². The SMILES string of the molecule is CCCOc1ccccc1Oc1cc(N)nc(C2CC2)n1. The molecule has 110 valence electrons. The van der Waals surface area contributed by atoms with Crippen molar-refractivity contribution < 1.29 is 9.47 Å². The topological polar surface area (TPSA) is 70.3 Å². The second kappa shape index (κ2) is 5.99. The van der Waals surface area contributed by atoms with Gasteiger partial charge in [-0.3, -0.25) is 0 Å². The minimum Gasteiger partial charge on any atom is -0.490 e. The molecular formula is C16H19N3O2. The molecule has 0 amide bonds. The lowest BCUT2D eigenvalue weighted by Gasteiger charge is -2.12. The van der Waals surface area contributed by atoms with Gasteiger partial charge in [0, 0.05) is 12.0 Å². The fourth-order valence-corrected chi connectivity index (χ4v) is 2.02. The summed E-state index contributed by atoms with van der Waals surface area (Å²) in [7, 11) is 0. The summed E-state index contributed by atoms with van der Waals surface area (Å²) in [5.41, 5.74) is 5.83. The minimum absolute atomic E-state index is 0.433. The maximum atomic E-state index is 5.85. The quantitative estimate of drug-likeness (QED) is 0.879. The van der Waals surface area contributed by atoms with Crippen LogP contribution >= 0.6 is 0 Å². The summed E-state index contributed by atoms with van der Waals surface area (Å²) in [6.45, 7) is 2.72. The number of ether oxygens (including phenoxy) is 2. The molecular weight excluding hydrogens is 266 g/mol. The molecule has 5 heteroatoms. The van der Waals surface area contributed by atoms with Crippen LogP contribution in [0.2, 0.25) is 0 Å². The van der Waals surface area contributed by atoms with E-state index in [9.17, 15) is 0 Å². The molecule has 21 heavy (non-hydrogen) atoms. The van der Waals surface area contributed by atoms with Gasteiger partial charge in [0.1, 0.15) is 11.6 Å². The molecule has 0 atom stereocenters. The number of nitrogen functional groups attached to an aromatic ring is 1. The highest BCUT2D eigenvalue weighted by molar-refractivity contribution is 5.43. The molecule has 1 fully saturated rings. The Hall–Kier alpha value is -2.30. The normalized spacial score (nSPS) is 14.0. The number of aromatic nitrogens is 2. The van der Waals surface area contributed by atoms with Crippen molar-refractivity contribution in [3.8, 4) is 17.4 Å². The summed E-state index contributed by atoms with van der Waals surface area (Å²) in [5, 5.41) is 0. The van der Waals surface area contributed by atoms with Crippen molar-refractivity contribution in [1.82, 2.24) is 9.97 Å². The molecule has 3 rings (SSSR count). The van der Waals surface area contributed by atoms with E-state index in [0.717, 1.165) is 25.1 Å². The van der Waals surface area contributed by atoms with Gasteiger partial charge in [-0.15, -0.1) is 0 Å². The predicted octanol–water partition coefficient (Wildman–Crippen LogP) is 3.52. The standard InChI is InChI=1S/C16H19N3O2/c1-2-9-20-12-5-3-4-6-13(12)21-15-10-14(17)18-16(19-15)11-7-8-11/h3-6,10-11H,2,7-9H2,1H3,(H2,17,18,19). The summed E-state index contributed by atoms with van der Waals surface area (Å²) in [6.07, 6.45) is 3.19. The molecule has 1 aliphatic carbocycles. The van der Waals surface area contributed by atoms with E-state index < -0.39 is 0 Å². The zero-order chi connectivity index (χ0) is 14.7. The molecule has 0 saturated heterocycles. The van der Waals surface area contributed by atoms with Gasteiger partial charge in [-0.2, -0.15) is 4.98 Å². The highest BCUT2D eigenvalue weighted by Gasteiger charge is 2.27. The van der Waals surface area contributed by atoms with Crippen molar-refractivity contribution in [2.45, 2.75) is 32.1 Å². The highest BCUT2D eigenvalue weighted by atomic mass is 16.5. The van der Waals surface area contributed by atoms with E-state index in [-0.39, 0.29) is 0 Å². The van der Waals surface area contributed by atoms with E-state index in [1.54, 1.807) is 6.07 Å². The van der Waals surface area contributed by atoms with Crippen molar-refractivity contribution in [2.75, 3.05) is 12.3 Å². The highest BCUT2D eigenvalue weighted by Crippen LogP contribution is 2.39. The zero-order valence-electron chi connectivity index (χ0n) is 12.1. The van der Waals surface area contributed by atoms with E-state index in [1.165, 1.54) is 0 Å². The number of benzene rings is 1. The third kappa shape index (κ3) is 3.42. The van der Waals surface area contributed by atoms with Crippen LogP contribution in [0.4, 0.5) is 5.82 Å². The average Bonchev–Trinajstić information content (AvgIpc) is 3.30. The molecule has 0 aliphatic heterocycles. The Morgan fingerprint density at radius 2 is 1.95 bits per heavy atom. The van der Waals surface area contributed by atoms with Crippen molar-refractivity contribution in [1.29, 1.82) is 0 Å². The van der Waals surface area contributed by atoms with Gasteiger partial charge >= 0.3 is 0 Å². The van der Waals surface area contributed by atoms with Crippen LogP contribution < -0.4 is 15.2 Å². The number of rotatable bonds is 6. The minimum atomic E-state index is 0.433. The van der Waals surface area contributed by atoms with E-state index in [0.29, 0.717) is 35.7 Å². The van der Waals surface area contributed by atoms with Gasteiger partial charge in [-0.25, -0.2) is 4.98 Å². The largest absolute Gasteiger partial charge is 0.490 e. The monoisotopic (exact) mass is 285 g/mol. The van der Waals surface area contributed by atoms with Gasteiger partial charge in [-0.1, -0.05) is 19.1 Å². The van der Waals surface area contributed by atoms with Gasteiger partial charge in [0.05, 0.1) is 6.61 Å². The Labute approximate surface area is 124 Å². The first-order chi connectivity index (χ1) is 10.3. The van der Waals surface area contributed by atoms with Crippen LogP contribution in [0.25, 0.3) is 0 Å². The number of anilines is 1. The molecule has 2 N–H and O–H groups in total. The van der Waals surface area contributed by atoms with E-state index >= 15 is 0 Å². The number of nitrogens with zero attached hydrogens (tertiary/aromatic N) is 2. The average molecular weight is 285 g/mol. The Morgan fingerprint density at radius 3 is 2.67 bits per heavy atom. The molecule has 2 aromatic rings. The first kappa shape index (κ1) is 13.7. The number of nitrogens with two attached hydrogens (primary N) is 1. The van der Waals surface area contributed by atoms with E-state index in [2.05, 4.69) is 16.9 Å². The van der Waals surface area contributed by atoms with E-state index in [1.807, 2.05) is 24.3 Å². The first-order valence-corrected chi connectivity index (χ1v) is 7.30. The second-order valence-electron chi connectivity index (χ2n) is 5.16.